The molecule has 110 valence electrons. The van der Waals surface area contributed by atoms with Crippen LogP contribution in [0.2, 0.25) is 0 Å². The van der Waals surface area contributed by atoms with Crippen LogP contribution in [0.5, 0.6) is 0 Å². The van der Waals surface area contributed by atoms with Crippen molar-refractivity contribution in [2.45, 2.75) is 20.0 Å². The molecule has 0 spiro atoms. The third-order valence-corrected chi connectivity index (χ3v) is 3.04. The molecule has 2 unspecified atom stereocenters. The molecule has 0 aliphatic heterocycles. The van der Waals surface area contributed by atoms with Gasteiger partial charge in [-0.3, -0.25) is 0 Å². The molecular formula is C17H23F2N. The third kappa shape index (κ3) is 5.00. The van der Waals surface area contributed by atoms with Gasteiger partial charge >= 0.3 is 0 Å². The Bertz CT molecular complexity index is 458. The molecule has 0 aromatic heterocycles. The zero-order chi connectivity index (χ0) is 15.8. The molecule has 0 amide bonds. The lowest BCUT2D eigenvalue weighted by Gasteiger charge is -2.30. The molecule has 0 saturated carbocycles. The van der Waals surface area contributed by atoms with Crippen molar-refractivity contribution in [2.75, 3.05) is 7.05 Å². The molecule has 0 bridgehead atoms. The maximum atomic E-state index is 14.1. The highest BCUT2D eigenvalue weighted by Gasteiger charge is 2.32. The number of rotatable bonds is 8. The van der Waals surface area contributed by atoms with Crippen molar-refractivity contribution in [1.29, 1.82) is 0 Å². The summed E-state index contributed by atoms with van der Waals surface area (Å²) in [6.07, 6.45) is 7.96. The number of alkyl halides is 1. The molecule has 0 aliphatic rings. The summed E-state index contributed by atoms with van der Waals surface area (Å²) in [5.74, 6) is -0.558. The van der Waals surface area contributed by atoms with E-state index in [1.165, 1.54) is 12.2 Å². The zero-order valence-corrected chi connectivity index (χ0v) is 12.4. The van der Waals surface area contributed by atoms with Gasteiger partial charge in [0, 0.05) is 12.7 Å². The molecule has 3 heteroatoms. The van der Waals surface area contributed by atoms with Crippen LogP contribution < -0.4 is 5.32 Å². The van der Waals surface area contributed by atoms with Crippen molar-refractivity contribution in [2.24, 2.45) is 5.41 Å². The van der Waals surface area contributed by atoms with E-state index in [0.29, 0.717) is 11.3 Å². The van der Waals surface area contributed by atoms with Gasteiger partial charge in [0.2, 0.25) is 0 Å². The minimum atomic E-state index is -1.31. The van der Waals surface area contributed by atoms with Gasteiger partial charge in [0.1, 0.15) is 12.0 Å². The Kier molecular flexibility index (Phi) is 7.52. The Labute approximate surface area is 120 Å². The summed E-state index contributed by atoms with van der Waals surface area (Å²) in [4.78, 5) is 0. The zero-order valence-electron chi connectivity index (χ0n) is 12.4. The molecule has 0 radical (unpaired) electrons. The molecule has 20 heavy (non-hydrogen) atoms. The summed E-state index contributed by atoms with van der Waals surface area (Å²) < 4.78 is 27.0. The Morgan fingerprint density at radius 1 is 1.30 bits per heavy atom. The number of nitrogens with one attached hydrogen (secondary N) is 1. The van der Waals surface area contributed by atoms with Gasteiger partial charge in [0.05, 0.1) is 5.41 Å². The van der Waals surface area contributed by atoms with E-state index in [9.17, 15) is 8.78 Å². The second-order valence-corrected chi connectivity index (χ2v) is 4.57. The van der Waals surface area contributed by atoms with Crippen LogP contribution in [0.4, 0.5) is 8.78 Å². The van der Waals surface area contributed by atoms with Gasteiger partial charge in [-0.2, -0.15) is 0 Å². The second kappa shape index (κ2) is 8.31. The Morgan fingerprint density at radius 3 is 2.30 bits per heavy atom. The van der Waals surface area contributed by atoms with Crippen molar-refractivity contribution in [3.63, 3.8) is 0 Å². The average molecular weight is 279 g/mol. The highest BCUT2D eigenvalue weighted by atomic mass is 19.1. The molecule has 1 nitrogen and oxygen atoms in total. The quantitative estimate of drug-likeness (QED) is 0.497. The van der Waals surface area contributed by atoms with Crippen molar-refractivity contribution < 1.29 is 8.78 Å². The van der Waals surface area contributed by atoms with Gasteiger partial charge in [-0.1, -0.05) is 43.5 Å². The van der Waals surface area contributed by atoms with Gasteiger partial charge in [0.25, 0.3) is 0 Å². The van der Waals surface area contributed by atoms with Crippen molar-refractivity contribution in [3.8, 4) is 0 Å². The number of hydrogen-bond acceptors (Lipinski definition) is 1. The molecule has 1 N–H and O–H groups in total. The van der Waals surface area contributed by atoms with E-state index in [0.717, 1.165) is 0 Å². The molecule has 0 saturated heterocycles. The normalized spacial score (nSPS) is 16.9. The van der Waals surface area contributed by atoms with Crippen LogP contribution in [0.1, 0.15) is 13.8 Å². The summed E-state index contributed by atoms with van der Waals surface area (Å²) in [5, 5.41) is 2.85. The second-order valence-electron chi connectivity index (χ2n) is 4.57. The van der Waals surface area contributed by atoms with E-state index in [1.807, 2.05) is 6.92 Å². The SMILES string of the molecule is C=CC(F)C(C)(/C=C/C(/C=C\C)=C/C(=C)F)C(=C)NC. The fraction of sp³-hybridized carbons (Fsp3) is 0.294. The van der Waals surface area contributed by atoms with Crippen LogP contribution in [0, 0.1) is 5.41 Å². The third-order valence-electron chi connectivity index (χ3n) is 3.04. The highest BCUT2D eigenvalue weighted by molar-refractivity contribution is 5.37. The lowest BCUT2D eigenvalue weighted by molar-refractivity contribution is 0.251. The van der Waals surface area contributed by atoms with Crippen molar-refractivity contribution >= 4 is 0 Å². The lowest BCUT2D eigenvalue weighted by Crippen LogP contribution is -2.32. The molecule has 2 atom stereocenters. The fourth-order valence-corrected chi connectivity index (χ4v) is 1.67. The van der Waals surface area contributed by atoms with Gasteiger partial charge in [-0.15, -0.1) is 6.58 Å². The summed E-state index contributed by atoms with van der Waals surface area (Å²) in [6, 6.07) is 0. The van der Waals surface area contributed by atoms with E-state index >= 15 is 0 Å². The molecule has 0 heterocycles. The Morgan fingerprint density at radius 2 is 1.90 bits per heavy atom. The predicted octanol–water partition coefficient (Wildman–Crippen LogP) is 4.79. The van der Waals surface area contributed by atoms with Crippen molar-refractivity contribution in [3.05, 3.63) is 73.3 Å². The van der Waals surface area contributed by atoms with E-state index < -0.39 is 17.4 Å². The van der Waals surface area contributed by atoms with E-state index in [-0.39, 0.29) is 0 Å². The fourth-order valence-electron chi connectivity index (χ4n) is 1.67. The Balaban J connectivity index is 5.54. The van der Waals surface area contributed by atoms with Gasteiger partial charge < -0.3 is 5.32 Å². The first-order valence-corrected chi connectivity index (χ1v) is 6.33. The van der Waals surface area contributed by atoms with Gasteiger partial charge in [-0.05, 0) is 25.5 Å². The molecule has 0 fully saturated rings. The lowest BCUT2D eigenvalue weighted by atomic mass is 9.81. The van der Waals surface area contributed by atoms with Crippen LogP contribution in [0.25, 0.3) is 0 Å². The summed E-state index contributed by atoms with van der Waals surface area (Å²) >= 11 is 0. The summed E-state index contributed by atoms with van der Waals surface area (Å²) in [7, 11) is 1.68. The van der Waals surface area contributed by atoms with Crippen LogP contribution in [0.3, 0.4) is 0 Å². The smallest absolute Gasteiger partial charge is 0.132 e. The average Bonchev–Trinajstić information content (AvgIpc) is 2.42. The summed E-state index contributed by atoms with van der Waals surface area (Å²) in [6.45, 7) is 14.0. The van der Waals surface area contributed by atoms with Crippen molar-refractivity contribution in [1.82, 2.24) is 5.32 Å². The largest absolute Gasteiger partial charge is 0.391 e. The van der Waals surface area contributed by atoms with Crippen LogP contribution in [0.15, 0.2) is 73.3 Å². The summed E-state index contributed by atoms with van der Waals surface area (Å²) in [5.41, 5.74) is 0.140. The van der Waals surface area contributed by atoms with Crippen LogP contribution in [-0.4, -0.2) is 13.2 Å². The van der Waals surface area contributed by atoms with Crippen LogP contribution >= 0.6 is 0 Å². The standard InChI is InChI=1S/C17H23F2N/c1-7-9-15(12-13(3)18)10-11-17(5,14(4)20-6)16(19)8-2/h7-12,16,20H,2-4H2,1,5-6H3/b9-7-,11-10+,15-12+. The monoisotopic (exact) mass is 279 g/mol. The minimum absolute atomic E-state index is 0.514. The first-order valence-electron chi connectivity index (χ1n) is 6.33. The minimum Gasteiger partial charge on any atom is -0.391 e. The van der Waals surface area contributed by atoms with Gasteiger partial charge in [0.15, 0.2) is 0 Å². The highest BCUT2D eigenvalue weighted by Crippen LogP contribution is 2.33. The number of hydrogen-bond donors (Lipinski definition) is 1. The predicted molar refractivity (Wildman–Crippen MR) is 83.7 cm³/mol. The van der Waals surface area contributed by atoms with Crippen LogP contribution in [-0.2, 0) is 0 Å². The number of allylic oxidation sites excluding steroid dienone is 8. The Hall–Kier alpha value is -1.90. The molecular weight excluding hydrogens is 256 g/mol. The topological polar surface area (TPSA) is 12.0 Å². The number of halogens is 2. The molecule has 0 aromatic carbocycles. The molecule has 0 aliphatic carbocycles. The van der Waals surface area contributed by atoms with E-state index in [2.05, 4.69) is 25.1 Å². The van der Waals surface area contributed by atoms with E-state index in [4.69, 9.17) is 0 Å². The van der Waals surface area contributed by atoms with Gasteiger partial charge in [-0.25, -0.2) is 8.78 Å². The molecule has 0 rings (SSSR count). The first kappa shape index (κ1) is 18.1. The molecule has 0 aromatic rings. The maximum absolute atomic E-state index is 14.1. The maximum Gasteiger partial charge on any atom is 0.132 e. The van der Waals surface area contributed by atoms with E-state index in [1.54, 1.807) is 38.3 Å². The first-order chi connectivity index (χ1) is 9.31.